The minimum Gasteiger partial charge on any atom is -0.340 e. The second-order valence-corrected chi connectivity index (χ2v) is 7.42. The number of fused-ring (bicyclic) bond motifs is 2. The predicted octanol–water partition coefficient (Wildman–Crippen LogP) is 5.35. The average Bonchev–Trinajstić information content (AvgIpc) is 3.08. The summed E-state index contributed by atoms with van der Waals surface area (Å²) < 4.78 is 1.18. The molecular formula is C21H15N5S. The Morgan fingerprint density at radius 1 is 0.852 bits per heavy atom. The minimum atomic E-state index is 0.671. The van der Waals surface area contributed by atoms with Gasteiger partial charge in [-0.3, -0.25) is 4.98 Å². The first-order valence-electron chi connectivity index (χ1n) is 8.58. The second kappa shape index (κ2) is 6.41. The lowest BCUT2D eigenvalue weighted by atomic mass is 10.2. The van der Waals surface area contributed by atoms with Crippen molar-refractivity contribution >= 4 is 44.0 Å². The van der Waals surface area contributed by atoms with Gasteiger partial charge in [-0.1, -0.05) is 12.1 Å². The predicted molar refractivity (Wildman–Crippen MR) is 110 cm³/mol. The van der Waals surface area contributed by atoms with Gasteiger partial charge < -0.3 is 5.32 Å². The normalized spacial score (nSPS) is 11.1. The van der Waals surface area contributed by atoms with Crippen LogP contribution in [0.5, 0.6) is 0 Å². The maximum atomic E-state index is 4.78. The molecule has 27 heavy (non-hydrogen) atoms. The molecule has 0 aliphatic rings. The molecule has 130 valence electrons. The van der Waals surface area contributed by atoms with Gasteiger partial charge >= 0.3 is 0 Å². The van der Waals surface area contributed by atoms with Crippen LogP contribution < -0.4 is 5.32 Å². The maximum absolute atomic E-state index is 4.78. The molecule has 0 radical (unpaired) electrons. The molecule has 0 amide bonds. The van der Waals surface area contributed by atoms with Crippen LogP contribution in [0, 0.1) is 6.92 Å². The van der Waals surface area contributed by atoms with Crippen LogP contribution >= 0.6 is 11.3 Å². The first-order valence-corrected chi connectivity index (χ1v) is 9.39. The number of hydrogen-bond donors (Lipinski definition) is 1. The van der Waals surface area contributed by atoms with E-state index in [4.69, 9.17) is 9.97 Å². The van der Waals surface area contributed by atoms with Gasteiger partial charge in [-0.15, -0.1) is 11.3 Å². The highest BCUT2D eigenvalue weighted by atomic mass is 32.1. The van der Waals surface area contributed by atoms with Crippen molar-refractivity contribution in [3.63, 3.8) is 0 Å². The van der Waals surface area contributed by atoms with Crippen molar-refractivity contribution in [2.24, 2.45) is 0 Å². The fourth-order valence-corrected chi connectivity index (χ4v) is 3.87. The van der Waals surface area contributed by atoms with E-state index < -0.39 is 0 Å². The summed E-state index contributed by atoms with van der Waals surface area (Å²) in [5, 5.41) is 5.50. The van der Waals surface area contributed by atoms with Crippen LogP contribution in [0.1, 0.15) is 5.01 Å². The highest BCUT2D eigenvalue weighted by Crippen LogP contribution is 2.29. The van der Waals surface area contributed by atoms with Gasteiger partial charge in [-0.25, -0.2) is 15.0 Å². The lowest BCUT2D eigenvalue weighted by molar-refractivity contribution is 1.21. The third kappa shape index (κ3) is 3.00. The molecule has 0 saturated carbocycles. The summed E-state index contributed by atoms with van der Waals surface area (Å²) in [6.07, 6.45) is 3.50. The molecule has 5 aromatic rings. The van der Waals surface area contributed by atoms with Gasteiger partial charge in [-0.05, 0) is 49.4 Å². The number of thiazole rings is 1. The highest BCUT2D eigenvalue weighted by molar-refractivity contribution is 7.18. The van der Waals surface area contributed by atoms with Crippen molar-refractivity contribution in [1.29, 1.82) is 0 Å². The topological polar surface area (TPSA) is 63.6 Å². The molecular weight excluding hydrogens is 354 g/mol. The van der Waals surface area contributed by atoms with Crippen molar-refractivity contribution in [2.75, 3.05) is 5.32 Å². The molecule has 0 atom stereocenters. The number of hydrogen-bond acceptors (Lipinski definition) is 6. The Balaban J connectivity index is 1.64. The maximum Gasteiger partial charge on any atom is 0.162 e. The van der Waals surface area contributed by atoms with Crippen molar-refractivity contribution < 1.29 is 0 Å². The van der Waals surface area contributed by atoms with Gasteiger partial charge in [0.15, 0.2) is 5.82 Å². The van der Waals surface area contributed by atoms with Crippen LogP contribution in [0.25, 0.3) is 32.5 Å². The lowest BCUT2D eigenvalue weighted by Crippen LogP contribution is -1.99. The van der Waals surface area contributed by atoms with Crippen molar-refractivity contribution in [2.45, 2.75) is 6.92 Å². The molecule has 0 saturated heterocycles. The monoisotopic (exact) mass is 369 g/mol. The van der Waals surface area contributed by atoms with E-state index in [9.17, 15) is 0 Å². The molecule has 5 nitrogen and oxygen atoms in total. The van der Waals surface area contributed by atoms with Crippen molar-refractivity contribution in [3.8, 4) is 11.4 Å². The SMILES string of the molecule is Cc1nc2cc(Nc3nc(-c4ccncc4)nc4ccccc34)ccc2s1. The van der Waals surface area contributed by atoms with Crippen LogP contribution in [0.2, 0.25) is 0 Å². The van der Waals surface area contributed by atoms with Crippen LogP contribution in [0.15, 0.2) is 67.0 Å². The van der Waals surface area contributed by atoms with Gasteiger partial charge in [0.05, 0.1) is 20.7 Å². The van der Waals surface area contributed by atoms with E-state index >= 15 is 0 Å². The van der Waals surface area contributed by atoms with E-state index in [1.807, 2.05) is 43.3 Å². The second-order valence-electron chi connectivity index (χ2n) is 6.19. The molecule has 5 rings (SSSR count). The molecule has 0 spiro atoms. The zero-order chi connectivity index (χ0) is 18.2. The summed E-state index contributed by atoms with van der Waals surface area (Å²) >= 11 is 1.70. The van der Waals surface area contributed by atoms with Gasteiger partial charge in [-0.2, -0.15) is 0 Å². The number of nitrogens with one attached hydrogen (secondary N) is 1. The molecule has 3 aromatic heterocycles. The zero-order valence-corrected chi connectivity index (χ0v) is 15.4. The summed E-state index contributed by atoms with van der Waals surface area (Å²) in [4.78, 5) is 18.2. The van der Waals surface area contributed by atoms with E-state index in [2.05, 4.69) is 33.5 Å². The van der Waals surface area contributed by atoms with Crippen LogP contribution in [0.3, 0.4) is 0 Å². The Hall–Kier alpha value is -3.38. The third-order valence-corrected chi connectivity index (χ3v) is 5.25. The quantitative estimate of drug-likeness (QED) is 0.464. The van der Waals surface area contributed by atoms with Crippen LogP contribution in [-0.2, 0) is 0 Å². The molecule has 3 heterocycles. The van der Waals surface area contributed by atoms with E-state index in [-0.39, 0.29) is 0 Å². The Morgan fingerprint density at radius 2 is 1.70 bits per heavy atom. The zero-order valence-electron chi connectivity index (χ0n) is 14.5. The van der Waals surface area contributed by atoms with Gasteiger partial charge in [0.2, 0.25) is 0 Å². The summed E-state index contributed by atoms with van der Waals surface area (Å²) in [5.74, 6) is 1.45. The van der Waals surface area contributed by atoms with Gasteiger partial charge in [0, 0.05) is 29.0 Å². The van der Waals surface area contributed by atoms with Gasteiger partial charge in [0.25, 0.3) is 0 Å². The number of anilines is 2. The fourth-order valence-electron chi connectivity index (χ4n) is 3.06. The Morgan fingerprint density at radius 3 is 2.59 bits per heavy atom. The summed E-state index contributed by atoms with van der Waals surface area (Å²) in [6, 6.07) is 18.0. The number of aromatic nitrogens is 4. The lowest BCUT2D eigenvalue weighted by Gasteiger charge is -2.11. The first kappa shape index (κ1) is 15.8. The number of para-hydroxylation sites is 1. The molecule has 1 N–H and O–H groups in total. The number of nitrogens with zero attached hydrogens (tertiary/aromatic N) is 4. The van der Waals surface area contributed by atoms with E-state index in [0.29, 0.717) is 5.82 Å². The standard InChI is InChI=1S/C21H15N5S/c1-13-23-18-12-15(6-7-19(18)27-13)24-21-16-4-2-3-5-17(16)25-20(26-21)14-8-10-22-11-9-14/h2-12H,1H3,(H,24,25,26). The van der Waals surface area contributed by atoms with E-state index in [1.165, 1.54) is 4.70 Å². The highest BCUT2D eigenvalue weighted by Gasteiger charge is 2.10. The molecule has 2 aromatic carbocycles. The Bertz CT molecular complexity index is 1260. The molecule has 6 heteroatoms. The Labute approximate surface area is 159 Å². The summed E-state index contributed by atoms with van der Waals surface area (Å²) in [6.45, 7) is 2.02. The van der Waals surface area contributed by atoms with E-state index in [0.717, 1.165) is 38.5 Å². The summed E-state index contributed by atoms with van der Waals surface area (Å²) in [5.41, 5.74) is 3.78. The van der Waals surface area contributed by atoms with E-state index in [1.54, 1.807) is 23.7 Å². The summed E-state index contributed by atoms with van der Waals surface area (Å²) in [7, 11) is 0. The molecule has 0 bridgehead atoms. The largest absolute Gasteiger partial charge is 0.340 e. The number of pyridine rings is 1. The fraction of sp³-hybridized carbons (Fsp3) is 0.0476. The van der Waals surface area contributed by atoms with Crippen molar-refractivity contribution in [3.05, 3.63) is 72.0 Å². The number of rotatable bonds is 3. The first-order chi connectivity index (χ1) is 13.3. The smallest absolute Gasteiger partial charge is 0.162 e. The van der Waals surface area contributed by atoms with Crippen LogP contribution in [0.4, 0.5) is 11.5 Å². The van der Waals surface area contributed by atoms with Crippen LogP contribution in [-0.4, -0.2) is 19.9 Å². The molecule has 0 aliphatic carbocycles. The molecule has 0 fully saturated rings. The van der Waals surface area contributed by atoms with Gasteiger partial charge in [0.1, 0.15) is 5.82 Å². The van der Waals surface area contributed by atoms with Crippen molar-refractivity contribution in [1.82, 2.24) is 19.9 Å². The molecule has 0 aliphatic heterocycles. The number of aryl methyl sites for hydroxylation is 1. The third-order valence-electron chi connectivity index (χ3n) is 4.30. The Kier molecular flexibility index (Phi) is 3.76. The minimum absolute atomic E-state index is 0.671. The number of benzene rings is 2. The molecule has 0 unspecified atom stereocenters. The average molecular weight is 369 g/mol.